The molecule has 0 aliphatic rings. The monoisotopic (exact) mass is 311 g/mol. The van der Waals surface area contributed by atoms with E-state index in [9.17, 15) is 4.39 Å². The first kappa shape index (κ1) is 15.8. The van der Waals surface area contributed by atoms with Crippen LogP contribution in [0.25, 0.3) is 0 Å². The minimum Gasteiger partial charge on any atom is -0.487 e. The Kier molecular flexibility index (Phi) is 5.20. The van der Waals surface area contributed by atoms with Crippen LogP contribution in [-0.4, -0.2) is 16.8 Å². The number of nitrogens with one attached hydrogen (secondary N) is 1. The molecule has 1 N–H and O–H groups in total. The SMILES string of the molecule is CCc1nn(C)c(COc2cc(F)cc(CNC)c2)c1Cl. The van der Waals surface area contributed by atoms with Gasteiger partial charge in [-0.15, -0.1) is 0 Å². The number of aryl methyl sites for hydroxylation is 2. The van der Waals surface area contributed by atoms with E-state index in [1.807, 2.05) is 27.1 Å². The maximum atomic E-state index is 13.5. The predicted octanol–water partition coefficient (Wildman–Crippen LogP) is 3.07. The van der Waals surface area contributed by atoms with Crippen molar-refractivity contribution in [3.8, 4) is 5.75 Å². The first-order valence-corrected chi connectivity index (χ1v) is 7.20. The lowest BCUT2D eigenvalue weighted by molar-refractivity contribution is 0.293. The smallest absolute Gasteiger partial charge is 0.131 e. The van der Waals surface area contributed by atoms with E-state index >= 15 is 0 Å². The van der Waals surface area contributed by atoms with Crippen LogP contribution in [0.5, 0.6) is 5.75 Å². The molecule has 4 nitrogen and oxygen atoms in total. The largest absolute Gasteiger partial charge is 0.487 e. The van der Waals surface area contributed by atoms with Gasteiger partial charge in [-0.2, -0.15) is 5.10 Å². The highest BCUT2D eigenvalue weighted by Gasteiger charge is 2.13. The van der Waals surface area contributed by atoms with E-state index < -0.39 is 0 Å². The molecule has 0 aliphatic carbocycles. The Balaban J connectivity index is 2.14. The summed E-state index contributed by atoms with van der Waals surface area (Å²) in [5.74, 6) is 0.165. The molecule has 0 radical (unpaired) electrons. The Hall–Kier alpha value is -1.59. The van der Waals surface area contributed by atoms with Crippen molar-refractivity contribution >= 4 is 11.6 Å². The average molecular weight is 312 g/mol. The number of hydrogen-bond acceptors (Lipinski definition) is 3. The van der Waals surface area contributed by atoms with Gasteiger partial charge < -0.3 is 10.1 Å². The number of aromatic nitrogens is 2. The van der Waals surface area contributed by atoms with Gasteiger partial charge in [-0.25, -0.2) is 4.39 Å². The van der Waals surface area contributed by atoms with Gasteiger partial charge in [0.1, 0.15) is 18.2 Å². The van der Waals surface area contributed by atoms with Crippen LogP contribution in [0.1, 0.15) is 23.9 Å². The zero-order chi connectivity index (χ0) is 15.4. The molecule has 1 aromatic carbocycles. The van der Waals surface area contributed by atoms with Crippen LogP contribution in [0.3, 0.4) is 0 Å². The Morgan fingerprint density at radius 1 is 1.38 bits per heavy atom. The Labute approximate surface area is 128 Å². The van der Waals surface area contributed by atoms with Crippen LogP contribution >= 0.6 is 11.6 Å². The molecule has 0 aliphatic heterocycles. The van der Waals surface area contributed by atoms with E-state index in [1.54, 1.807) is 4.68 Å². The van der Waals surface area contributed by atoms with Crippen LogP contribution < -0.4 is 10.1 Å². The molecule has 114 valence electrons. The summed E-state index contributed by atoms with van der Waals surface area (Å²) in [6.45, 7) is 2.83. The number of halogens is 2. The summed E-state index contributed by atoms with van der Waals surface area (Å²) in [5, 5.41) is 7.93. The van der Waals surface area contributed by atoms with Gasteiger partial charge in [-0.1, -0.05) is 18.5 Å². The normalized spacial score (nSPS) is 10.9. The van der Waals surface area contributed by atoms with Gasteiger partial charge in [-0.05, 0) is 31.2 Å². The van der Waals surface area contributed by atoms with Crippen molar-refractivity contribution in [1.29, 1.82) is 0 Å². The van der Waals surface area contributed by atoms with Crippen LogP contribution in [0.15, 0.2) is 18.2 Å². The summed E-state index contributed by atoms with van der Waals surface area (Å²) in [6, 6.07) is 4.66. The van der Waals surface area contributed by atoms with E-state index in [-0.39, 0.29) is 12.4 Å². The molecule has 21 heavy (non-hydrogen) atoms. The van der Waals surface area contributed by atoms with Gasteiger partial charge in [0.15, 0.2) is 0 Å². The highest BCUT2D eigenvalue weighted by molar-refractivity contribution is 6.31. The van der Waals surface area contributed by atoms with E-state index in [2.05, 4.69) is 10.4 Å². The molecule has 0 unspecified atom stereocenters. The number of nitrogens with zero attached hydrogens (tertiary/aromatic N) is 2. The third-order valence-electron chi connectivity index (χ3n) is 3.19. The number of ether oxygens (including phenoxy) is 1. The second-order valence-corrected chi connectivity index (χ2v) is 5.18. The third-order valence-corrected chi connectivity index (χ3v) is 3.63. The first-order chi connectivity index (χ1) is 10.0. The second-order valence-electron chi connectivity index (χ2n) is 4.80. The summed E-state index contributed by atoms with van der Waals surface area (Å²) >= 11 is 6.26. The molecule has 1 aromatic heterocycles. The first-order valence-electron chi connectivity index (χ1n) is 6.82. The maximum absolute atomic E-state index is 13.5. The molecule has 0 fully saturated rings. The summed E-state index contributed by atoms with van der Waals surface area (Å²) in [6.07, 6.45) is 0.763. The van der Waals surface area contributed by atoms with Crippen molar-refractivity contribution in [3.63, 3.8) is 0 Å². The fourth-order valence-corrected chi connectivity index (χ4v) is 2.49. The molecular weight excluding hydrogens is 293 g/mol. The summed E-state index contributed by atoms with van der Waals surface area (Å²) in [4.78, 5) is 0. The van der Waals surface area contributed by atoms with Crippen LogP contribution in [-0.2, 0) is 26.6 Å². The van der Waals surface area contributed by atoms with Crippen LogP contribution in [0.2, 0.25) is 5.02 Å². The summed E-state index contributed by atoms with van der Waals surface area (Å²) in [5.41, 5.74) is 2.46. The van der Waals surface area contributed by atoms with Crippen LogP contribution in [0, 0.1) is 5.82 Å². The van der Waals surface area contributed by atoms with Gasteiger partial charge in [0.05, 0.1) is 16.4 Å². The van der Waals surface area contributed by atoms with Gasteiger partial charge in [0, 0.05) is 19.7 Å². The zero-order valence-electron chi connectivity index (χ0n) is 12.4. The lowest BCUT2D eigenvalue weighted by Crippen LogP contribution is -2.07. The standard InChI is InChI=1S/C15H19ClFN3O/c1-4-13-15(16)14(20(3)19-13)9-21-12-6-10(8-18-2)5-11(17)7-12/h5-7,18H,4,8-9H2,1-3H3. The maximum Gasteiger partial charge on any atom is 0.131 e. The fourth-order valence-electron chi connectivity index (χ4n) is 2.14. The molecule has 0 saturated carbocycles. The van der Waals surface area contributed by atoms with E-state index in [4.69, 9.17) is 16.3 Å². The highest BCUT2D eigenvalue weighted by Crippen LogP contribution is 2.23. The van der Waals surface area contributed by atoms with Gasteiger partial charge in [0.2, 0.25) is 0 Å². The Morgan fingerprint density at radius 2 is 2.14 bits per heavy atom. The van der Waals surface area contributed by atoms with E-state index in [0.717, 1.165) is 23.4 Å². The number of benzene rings is 1. The Bertz CT molecular complexity index is 628. The van der Waals surface area contributed by atoms with Gasteiger partial charge in [0.25, 0.3) is 0 Å². The molecule has 6 heteroatoms. The van der Waals surface area contributed by atoms with Crippen molar-refractivity contribution < 1.29 is 9.13 Å². The molecule has 1 heterocycles. The summed E-state index contributed by atoms with van der Waals surface area (Å²) in [7, 11) is 3.63. The molecule has 0 amide bonds. The molecule has 0 bridgehead atoms. The van der Waals surface area contributed by atoms with Crippen molar-refractivity contribution in [2.45, 2.75) is 26.5 Å². The molecule has 0 atom stereocenters. The average Bonchev–Trinajstić information content (AvgIpc) is 2.71. The topological polar surface area (TPSA) is 39.1 Å². The van der Waals surface area contributed by atoms with Crippen LogP contribution in [0.4, 0.5) is 4.39 Å². The van der Waals surface area contributed by atoms with Crippen molar-refractivity contribution in [2.24, 2.45) is 7.05 Å². The minimum absolute atomic E-state index is 0.255. The Morgan fingerprint density at radius 3 is 2.76 bits per heavy atom. The summed E-state index contributed by atoms with van der Waals surface area (Å²) < 4.78 is 20.9. The lowest BCUT2D eigenvalue weighted by atomic mass is 10.2. The van der Waals surface area contributed by atoms with Gasteiger partial charge in [-0.3, -0.25) is 4.68 Å². The second kappa shape index (κ2) is 6.91. The van der Waals surface area contributed by atoms with Crippen molar-refractivity contribution in [2.75, 3.05) is 7.05 Å². The minimum atomic E-state index is -0.317. The van der Waals surface area contributed by atoms with Gasteiger partial charge >= 0.3 is 0 Å². The van der Waals surface area contributed by atoms with Crippen molar-refractivity contribution in [3.05, 3.63) is 46.0 Å². The fraction of sp³-hybridized carbons (Fsp3) is 0.400. The van der Waals surface area contributed by atoms with E-state index in [1.165, 1.54) is 12.1 Å². The number of rotatable bonds is 6. The molecule has 2 aromatic rings. The molecule has 2 rings (SSSR count). The quantitative estimate of drug-likeness (QED) is 0.891. The van der Waals surface area contributed by atoms with Crippen molar-refractivity contribution in [1.82, 2.24) is 15.1 Å². The van der Waals surface area contributed by atoms with E-state index in [0.29, 0.717) is 17.3 Å². The zero-order valence-corrected chi connectivity index (χ0v) is 13.2. The highest BCUT2D eigenvalue weighted by atomic mass is 35.5. The number of hydrogen-bond donors (Lipinski definition) is 1. The molecular formula is C15H19ClFN3O. The molecule has 0 spiro atoms. The predicted molar refractivity (Wildman–Crippen MR) is 81.1 cm³/mol. The lowest BCUT2D eigenvalue weighted by Gasteiger charge is -2.09. The molecule has 0 saturated heterocycles. The third kappa shape index (κ3) is 3.74.